The molecule has 0 unspecified atom stereocenters. The second kappa shape index (κ2) is 6.62. The first-order valence-corrected chi connectivity index (χ1v) is 6.69. The maximum Gasteiger partial charge on any atom is 0.233 e. The van der Waals surface area contributed by atoms with Gasteiger partial charge in [0.15, 0.2) is 0 Å². The summed E-state index contributed by atoms with van der Waals surface area (Å²) in [5.74, 6) is -1.08. The minimum Gasteiger partial charge on any atom is -0.369 e. The van der Waals surface area contributed by atoms with Crippen LogP contribution in [0.3, 0.4) is 0 Å². The molecule has 0 atom stereocenters. The third kappa shape index (κ3) is 3.72. The van der Waals surface area contributed by atoms with Gasteiger partial charge in [0.2, 0.25) is 11.8 Å². The van der Waals surface area contributed by atoms with E-state index in [-0.39, 0.29) is 0 Å². The molecule has 1 aliphatic rings. The van der Waals surface area contributed by atoms with Gasteiger partial charge in [-0.1, -0.05) is 51.4 Å². The lowest BCUT2D eigenvalue weighted by Gasteiger charge is -2.27. The van der Waals surface area contributed by atoms with E-state index in [0.717, 1.165) is 25.7 Å². The van der Waals surface area contributed by atoms with Gasteiger partial charge in [0, 0.05) is 0 Å². The molecule has 0 saturated heterocycles. The highest BCUT2D eigenvalue weighted by Crippen LogP contribution is 2.32. The lowest BCUT2D eigenvalue weighted by molar-refractivity contribution is -0.141. The standard InChI is InChI=1S/C13H24N2O2/c14-11(16)13(12(15)17)9-7-5-3-1-2-4-6-8-10-13/h1-10H2,(H2,14,16)(H2,15,17). The lowest BCUT2D eigenvalue weighted by Crippen LogP contribution is -2.47. The fourth-order valence-corrected chi connectivity index (χ4v) is 2.65. The molecule has 0 aliphatic heterocycles. The maximum atomic E-state index is 11.6. The van der Waals surface area contributed by atoms with E-state index in [1.165, 1.54) is 25.7 Å². The van der Waals surface area contributed by atoms with E-state index in [2.05, 4.69) is 0 Å². The zero-order valence-corrected chi connectivity index (χ0v) is 10.5. The number of hydrogen-bond donors (Lipinski definition) is 2. The van der Waals surface area contributed by atoms with Gasteiger partial charge in [-0.05, 0) is 12.8 Å². The minimum atomic E-state index is -1.09. The van der Waals surface area contributed by atoms with Crippen molar-refractivity contribution in [2.24, 2.45) is 16.9 Å². The molecule has 4 heteroatoms. The molecule has 1 rings (SSSR count). The Morgan fingerprint density at radius 1 is 0.647 bits per heavy atom. The van der Waals surface area contributed by atoms with Crippen LogP contribution in [0.15, 0.2) is 0 Å². The molecule has 17 heavy (non-hydrogen) atoms. The summed E-state index contributed by atoms with van der Waals surface area (Å²) in [6, 6.07) is 0. The molecule has 2 amide bonds. The van der Waals surface area contributed by atoms with Gasteiger partial charge in [-0.3, -0.25) is 9.59 Å². The number of rotatable bonds is 2. The topological polar surface area (TPSA) is 86.2 Å². The molecule has 0 aromatic heterocycles. The summed E-state index contributed by atoms with van der Waals surface area (Å²) in [5, 5.41) is 0. The molecular formula is C13H24N2O2. The van der Waals surface area contributed by atoms with Crippen LogP contribution in [0.1, 0.15) is 64.2 Å². The van der Waals surface area contributed by atoms with E-state index >= 15 is 0 Å². The smallest absolute Gasteiger partial charge is 0.233 e. The van der Waals surface area contributed by atoms with Crippen LogP contribution in [0.5, 0.6) is 0 Å². The van der Waals surface area contributed by atoms with Crippen molar-refractivity contribution in [3.8, 4) is 0 Å². The average Bonchev–Trinajstić information content (AvgIpc) is 2.32. The molecule has 0 aromatic carbocycles. The van der Waals surface area contributed by atoms with Gasteiger partial charge in [-0.25, -0.2) is 0 Å². The van der Waals surface area contributed by atoms with Crippen molar-refractivity contribution >= 4 is 11.8 Å². The fourth-order valence-electron chi connectivity index (χ4n) is 2.65. The first-order chi connectivity index (χ1) is 8.09. The van der Waals surface area contributed by atoms with Gasteiger partial charge in [0.25, 0.3) is 0 Å². The molecule has 0 aromatic rings. The highest BCUT2D eigenvalue weighted by molar-refractivity contribution is 6.03. The van der Waals surface area contributed by atoms with E-state index in [1.54, 1.807) is 0 Å². The zero-order valence-electron chi connectivity index (χ0n) is 10.5. The van der Waals surface area contributed by atoms with Crippen molar-refractivity contribution in [3.05, 3.63) is 0 Å². The monoisotopic (exact) mass is 240 g/mol. The van der Waals surface area contributed by atoms with Crippen LogP contribution in [0.4, 0.5) is 0 Å². The predicted octanol–water partition coefficient (Wildman–Crippen LogP) is 1.86. The summed E-state index contributed by atoms with van der Waals surface area (Å²) < 4.78 is 0. The molecule has 1 saturated carbocycles. The van der Waals surface area contributed by atoms with Crippen LogP contribution in [-0.4, -0.2) is 11.8 Å². The van der Waals surface area contributed by atoms with Crippen molar-refractivity contribution in [1.29, 1.82) is 0 Å². The fraction of sp³-hybridized carbons (Fsp3) is 0.846. The number of nitrogens with two attached hydrogens (primary N) is 2. The van der Waals surface area contributed by atoms with Crippen molar-refractivity contribution in [2.45, 2.75) is 64.2 Å². The van der Waals surface area contributed by atoms with Crippen molar-refractivity contribution < 1.29 is 9.59 Å². The highest BCUT2D eigenvalue weighted by atomic mass is 16.2. The lowest BCUT2D eigenvalue weighted by atomic mass is 9.76. The van der Waals surface area contributed by atoms with Crippen LogP contribution >= 0.6 is 0 Å². The summed E-state index contributed by atoms with van der Waals surface area (Å²) in [6.45, 7) is 0. The molecule has 1 fully saturated rings. The Hall–Kier alpha value is -1.06. The van der Waals surface area contributed by atoms with Crippen LogP contribution in [0, 0.1) is 5.41 Å². The number of carbonyl (C=O) groups is 2. The predicted molar refractivity (Wildman–Crippen MR) is 67.0 cm³/mol. The van der Waals surface area contributed by atoms with Gasteiger partial charge in [-0.2, -0.15) is 0 Å². The minimum absolute atomic E-state index is 0.525. The number of hydrogen-bond acceptors (Lipinski definition) is 2. The Morgan fingerprint density at radius 2 is 0.941 bits per heavy atom. The summed E-state index contributed by atoms with van der Waals surface area (Å²) in [6.07, 6.45) is 9.75. The van der Waals surface area contributed by atoms with Gasteiger partial charge < -0.3 is 11.5 Å². The summed E-state index contributed by atoms with van der Waals surface area (Å²) >= 11 is 0. The molecule has 0 radical (unpaired) electrons. The number of amides is 2. The third-order valence-electron chi connectivity index (χ3n) is 3.90. The van der Waals surface area contributed by atoms with E-state index in [0.29, 0.717) is 12.8 Å². The maximum absolute atomic E-state index is 11.6. The molecular weight excluding hydrogens is 216 g/mol. The Bertz CT molecular complexity index is 249. The molecule has 0 heterocycles. The third-order valence-corrected chi connectivity index (χ3v) is 3.90. The highest BCUT2D eigenvalue weighted by Gasteiger charge is 2.41. The second-order valence-electron chi connectivity index (χ2n) is 5.14. The van der Waals surface area contributed by atoms with E-state index < -0.39 is 17.2 Å². The largest absolute Gasteiger partial charge is 0.369 e. The van der Waals surface area contributed by atoms with Gasteiger partial charge in [0.1, 0.15) is 5.41 Å². The Kier molecular flexibility index (Phi) is 5.45. The van der Waals surface area contributed by atoms with Crippen molar-refractivity contribution in [2.75, 3.05) is 0 Å². The van der Waals surface area contributed by atoms with E-state index in [9.17, 15) is 9.59 Å². The van der Waals surface area contributed by atoms with Crippen molar-refractivity contribution in [1.82, 2.24) is 0 Å². The van der Waals surface area contributed by atoms with E-state index in [1.807, 2.05) is 0 Å². The quantitative estimate of drug-likeness (QED) is 0.722. The number of carbonyl (C=O) groups excluding carboxylic acids is 2. The summed E-state index contributed by atoms with van der Waals surface area (Å²) in [4.78, 5) is 23.2. The van der Waals surface area contributed by atoms with Gasteiger partial charge in [-0.15, -0.1) is 0 Å². The Labute approximate surface area is 103 Å². The summed E-state index contributed by atoms with van der Waals surface area (Å²) in [5.41, 5.74) is 9.73. The van der Waals surface area contributed by atoms with Crippen LogP contribution in [0.2, 0.25) is 0 Å². The van der Waals surface area contributed by atoms with Gasteiger partial charge >= 0.3 is 0 Å². The molecule has 4 N–H and O–H groups in total. The molecule has 0 bridgehead atoms. The average molecular weight is 240 g/mol. The molecule has 98 valence electrons. The zero-order chi connectivity index (χ0) is 12.7. The second-order valence-corrected chi connectivity index (χ2v) is 5.14. The van der Waals surface area contributed by atoms with Crippen molar-refractivity contribution in [3.63, 3.8) is 0 Å². The molecule has 4 nitrogen and oxygen atoms in total. The first-order valence-electron chi connectivity index (χ1n) is 6.69. The van der Waals surface area contributed by atoms with Crippen LogP contribution in [-0.2, 0) is 9.59 Å². The normalized spacial score (nSPS) is 22.4. The van der Waals surface area contributed by atoms with Crippen LogP contribution < -0.4 is 11.5 Å². The SMILES string of the molecule is NC(=O)C1(C(N)=O)CCCCCCCCCC1. The number of primary amides is 2. The molecule has 1 aliphatic carbocycles. The van der Waals surface area contributed by atoms with E-state index in [4.69, 9.17) is 11.5 Å². The Balaban J connectivity index is 2.74. The van der Waals surface area contributed by atoms with Gasteiger partial charge in [0.05, 0.1) is 0 Å². The van der Waals surface area contributed by atoms with Crippen LogP contribution in [0.25, 0.3) is 0 Å². The summed E-state index contributed by atoms with van der Waals surface area (Å²) in [7, 11) is 0. The first kappa shape index (κ1) is 14.0. The molecule has 0 spiro atoms. The Morgan fingerprint density at radius 3 is 1.24 bits per heavy atom.